The number of benzene rings is 2. The van der Waals surface area contributed by atoms with Crippen molar-refractivity contribution in [1.29, 1.82) is 0 Å². The molecule has 4 amide bonds. The van der Waals surface area contributed by atoms with Gasteiger partial charge in [-0.3, -0.25) is 19.3 Å². The number of hydrogen-bond donors (Lipinski definition) is 1. The molecule has 11 nitrogen and oxygen atoms in total. The van der Waals surface area contributed by atoms with Crippen molar-refractivity contribution in [2.45, 2.75) is 83.0 Å². The highest BCUT2D eigenvalue weighted by atomic mass is 28.3. The Bertz CT molecular complexity index is 1420. The largest absolute Gasteiger partial charge is 0.486 e. The van der Waals surface area contributed by atoms with Crippen LogP contribution in [0.25, 0.3) is 0 Å². The molecule has 46 heavy (non-hydrogen) atoms. The molecule has 2 saturated heterocycles. The normalized spacial score (nSPS) is 21.5. The van der Waals surface area contributed by atoms with Gasteiger partial charge in [-0.15, -0.1) is 0 Å². The molecule has 2 aromatic rings. The van der Waals surface area contributed by atoms with Crippen LogP contribution in [0.1, 0.15) is 48.5 Å². The van der Waals surface area contributed by atoms with Crippen molar-refractivity contribution in [2.75, 3.05) is 37.9 Å². The van der Waals surface area contributed by atoms with E-state index in [1.165, 1.54) is 0 Å². The van der Waals surface area contributed by atoms with Crippen LogP contribution < -0.4 is 15.0 Å². The van der Waals surface area contributed by atoms with Crippen molar-refractivity contribution in [1.82, 2.24) is 15.1 Å². The fourth-order valence-corrected chi connectivity index (χ4v) is 6.74. The standard InChI is InChI=1S/C34H46N4O7Si/c1-5-6-16-44-34(42)35-28-21-36(25-10-8-7-9-11-25)22-30(28)45-26-12-13-27-24(19-26)20-37(32(27)40)29-14-15-31(39)38(33(29)41)23-43-17-18-46(2,3)4/h7-13,19,28-30H,5-6,14-18,20-23H2,1-4H3,(H,35,42)/t28-,29?,30-/m0/s1. The molecule has 2 fully saturated rings. The number of piperidine rings is 1. The van der Waals surface area contributed by atoms with Gasteiger partial charge in [0.05, 0.1) is 19.2 Å². The molecule has 0 radical (unpaired) electrons. The van der Waals surface area contributed by atoms with E-state index in [0.717, 1.165) is 35.0 Å². The molecule has 12 heteroatoms. The number of imide groups is 1. The molecule has 248 valence electrons. The lowest BCUT2D eigenvalue weighted by Crippen LogP contribution is -2.55. The number of para-hydroxylation sites is 1. The maximum absolute atomic E-state index is 13.5. The first-order chi connectivity index (χ1) is 22.0. The van der Waals surface area contributed by atoms with Crippen LogP contribution in [-0.4, -0.2) is 92.9 Å². The van der Waals surface area contributed by atoms with Gasteiger partial charge in [0.1, 0.15) is 24.6 Å². The lowest BCUT2D eigenvalue weighted by atomic mass is 10.0. The average Bonchev–Trinajstić information content (AvgIpc) is 3.56. The third-order valence-corrected chi connectivity index (χ3v) is 10.4. The van der Waals surface area contributed by atoms with E-state index in [0.29, 0.717) is 37.6 Å². The van der Waals surface area contributed by atoms with E-state index in [4.69, 9.17) is 14.2 Å². The molecule has 3 atom stereocenters. The molecule has 0 saturated carbocycles. The van der Waals surface area contributed by atoms with Crippen molar-refractivity contribution < 1.29 is 33.4 Å². The summed E-state index contributed by atoms with van der Waals surface area (Å²) in [6, 6.07) is 15.2. The van der Waals surface area contributed by atoms with E-state index in [1.807, 2.05) is 43.3 Å². The minimum Gasteiger partial charge on any atom is -0.486 e. The number of nitrogens with one attached hydrogen (secondary N) is 1. The number of likely N-dealkylation sites (tertiary alicyclic amines) is 1. The van der Waals surface area contributed by atoms with Gasteiger partial charge in [0, 0.05) is 45.4 Å². The lowest BCUT2D eigenvalue weighted by Gasteiger charge is -2.35. The average molecular weight is 651 g/mol. The van der Waals surface area contributed by atoms with Gasteiger partial charge in [0.25, 0.3) is 11.8 Å². The maximum Gasteiger partial charge on any atom is 0.407 e. The number of carbonyl (C=O) groups excluding carboxylic acids is 4. The van der Waals surface area contributed by atoms with Crippen molar-refractivity contribution >= 4 is 37.6 Å². The van der Waals surface area contributed by atoms with E-state index in [-0.39, 0.29) is 50.1 Å². The van der Waals surface area contributed by atoms with Crippen molar-refractivity contribution in [2.24, 2.45) is 0 Å². The van der Waals surface area contributed by atoms with Crippen LogP contribution in [0.3, 0.4) is 0 Å². The van der Waals surface area contributed by atoms with Crippen LogP contribution in [0.4, 0.5) is 10.5 Å². The summed E-state index contributed by atoms with van der Waals surface area (Å²) < 4.78 is 17.5. The Balaban J connectivity index is 1.25. The molecule has 1 unspecified atom stereocenters. The van der Waals surface area contributed by atoms with E-state index in [1.54, 1.807) is 17.0 Å². The van der Waals surface area contributed by atoms with Crippen molar-refractivity contribution in [3.8, 4) is 5.75 Å². The highest BCUT2D eigenvalue weighted by Gasteiger charge is 2.43. The van der Waals surface area contributed by atoms with E-state index >= 15 is 0 Å². The summed E-state index contributed by atoms with van der Waals surface area (Å²) in [6.07, 6.45) is 1.35. The number of unbranched alkanes of at least 4 members (excludes halogenated alkanes) is 1. The Kier molecular flexibility index (Phi) is 10.7. The van der Waals surface area contributed by atoms with Crippen molar-refractivity contribution in [3.05, 3.63) is 59.7 Å². The smallest absolute Gasteiger partial charge is 0.407 e. The summed E-state index contributed by atoms with van der Waals surface area (Å²) in [5.41, 5.74) is 2.30. The fraction of sp³-hybridized carbons (Fsp3) is 0.529. The number of nitrogens with zero attached hydrogens (tertiary/aromatic N) is 3. The van der Waals surface area contributed by atoms with E-state index in [9.17, 15) is 19.2 Å². The molecule has 3 heterocycles. The van der Waals surface area contributed by atoms with Crippen LogP contribution in [-0.2, 0) is 25.6 Å². The first-order valence-corrected chi connectivity index (χ1v) is 20.0. The Hall–Kier alpha value is -3.90. The second kappa shape index (κ2) is 14.7. The highest BCUT2D eigenvalue weighted by Crippen LogP contribution is 2.33. The first-order valence-electron chi connectivity index (χ1n) is 16.3. The maximum atomic E-state index is 13.5. The van der Waals surface area contributed by atoms with Crippen LogP contribution >= 0.6 is 0 Å². The van der Waals surface area contributed by atoms with Gasteiger partial charge in [-0.05, 0) is 54.8 Å². The Morgan fingerprint density at radius 1 is 1.02 bits per heavy atom. The van der Waals surface area contributed by atoms with Crippen LogP contribution in [0.15, 0.2) is 48.5 Å². The molecule has 3 aliphatic rings. The molecule has 0 spiro atoms. The lowest BCUT2D eigenvalue weighted by molar-refractivity contribution is -0.158. The monoisotopic (exact) mass is 650 g/mol. The molecule has 3 aliphatic heterocycles. The molecule has 0 bridgehead atoms. The fourth-order valence-electron chi connectivity index (χ4n) is 5.98. The summed E-state index contributed by atoms with van der Waals surface area (Å²) in [4.78, 5) is 57.0. The predicted molar refractivity (Wildman–Crippen MR) is 176 cm³/mol. The first kappa shape index (κ1) is 33.5. The summed E-state index contributed by atoms with van der Waals surface area (Å²) in [5.74, 6) is -0.331. The molecule has 2 aromatic carbocycles. The number of amides is 4. The molecule has 0 aliphatic carbocycles. The third-order valence-electron chi connectivity index (χ3n) is 8.69. The molecule has 0 aromatic heterocycles. The number of ether oxygens (including phenoxy) is 3. The van der Waals surface area contributed by atoms with Gasteiger partial charge in [0.15, 0.2) is 0 Å². The van der Waals surface area contributed by atoms with E-state index in [2.05, 4.69) is 29.9 Å². The van der Waals surface area contributed by atoms with Crippen molar-refractivity contribution in [3.63, 3.8) is 0 Å². The molecular formula is C34H46N4O7Si. The van der Waals surface area contributed by atoms with Crippen LogP contribution in [0.5, 0.6) is 5.75 Å². The quantitative estimate of drug-likeness (QED) is 0.189. The number of alkyl carbamates (subject to hydrolysis) is 1. The number of anilines is 1. The zero-order valence-electron chi connectivity index (χ0n) is 27.3. The highest BCUT2D eigenvalue weighted by molar-refractivity contribution is 6.76. The second-order valence-corrected chi connectivity index (χ2v) is 19.1. The summed E-state index contributed by atoms with van der Waals surface area (Å²) in [6.45, 7) is 10.9. The summed E-state index contributed by atoms with van der Waals surface area (Å²) in [5, 5.41) is 2.99. The minimum absolute atomic E-state index is 0.0889. The molecule has 1 N–H and O–H groups in total. The summed E-state index contributed by atoms with van der Waals surface area (Å²) >= 11 is 0. The number of rotatable bonds is 13. The van der Waals surface area contributed by atoms with Crippen LogP contribution in [0, 0.1) is 0 Å². The van der Waals surface area contributed by atoms with Gasteiger partial charge in [0.2, 0.25) is 5.91 Å². The number of hydrogen-bond acceptors (Lipinski definition) is 8. The van der Waals surface area contributed by atoms with Gasteiger partial charge in [-0.2, -0.15) is 0 Å². The zero-order valence-corrected chi connectivity index (χ0v) is 28.3. The van der Waals surface area contributed by atoms with E-state index < -0.39 is 26.1 Å². The molecular weight excluding hydrogens is 604 g/mol. The van der Waals surface area contributed by atoms with Gasteiger partial charge in [-0.1, -0.05) is 51.2 Å². The van der Waals surface area contributed by atoms with Crippen LogP contribution in [0.2, 0.25) is 25.7 Å². The topological polar surface area (TPSA) is 118 Å². The summed E-state index contributed by atoms with van der Waals surface area (Å²) in [7, 11) is -1.31. The Labute approximate surface area is 272 Å². The third kappa shape index (κ3) is 8.08. The SMILES string of the molecule is CCCCOC(=O)N[C@H]1CN(c2ccccc2)C[C@@H]1Oc1ccc2c(c1)CN(C1CCC(=O)N(COCC[Si](C)(C)C)C1=O)C2=O. The number of carbonyl (C=O) groups is 4. The molecule has 5 rings (SSSR count). The van der Waals surface area contributed by atoms with Gasteiger partial charge < -0.3 is 29.3 Å². The van der Waals surface area contributed by atoms with Gasteiger partial charge in [-0.25, -0.2) is 4.79 Å². The Morgan fingerprint density at radius 3 is 2.54 bits per heavy atom. The predicted octanol–water partition coefficient (Wildman–Crippen LogP) is 4.63. The number of fused-ring (bicyclic) bond motifs is 1. The van der Waals surface area contributed by atoms with Gasteiger partial charge >= 0.3 is 6.09 Å². The minimum atomic E-state index is -1.31. The Morgan fingerprint density at radius 2 is 1.80 bits per heavy atom. The second-order valence-electron chi connectivity index (χ2n) is 13.5. The zero-order chi connectivity index (χ0) is 32.8.